The van der Waals surface area contributed by atoms with Gasteiger partial charge in [0, 0.05) is 37.3 Å². The number of hydrogen-bond acceptors (Lipinski definition) is 6. The fourth-order valence-corrected chi connectivity index (χ4v) is 6.28. The van der Waals surface area contributed by atoms with Gasteiger partial charge in [-0.05, 0) is 47.8 Å². The molecule has 13 heteroatoms. The Morgan fingerprint density at radius 1 is 1.22 bits per heavy atom. The van der Waals surface area contributed by atoms with E-state index in [0.717, 1.165) is 24.2 Å². The van der Waals surface area contributed by atoms with Crippen LogP contribution >= 0.6 is 0 Å². The van der Waals surface area contributed by atoms with E-state index in [1.165, 1.54) is 25.7 Å². The Balaban J connectivity index is 1.55. The van der Waals surface area contributed by atoms with Gasteiger partial charge >= 0.3 is 12.1 Å². The molecule has 0 radical (unpaired) electrons. The van der Waals surface area contributed by atoms with Crippen LogP contribution in [0, 0.1) is 34.0 Å². The Hall–Kier alpha value is -3.40. The molecule has 3 aliphatic rings. The van der Waals surface area contributed by atoms with Gasteiger partial charge in [-0.15, -0.1) is 0 Å². The second-order valence-electron chi connectivity index (χ2n) is 13.2. The Labute approximate surface area is 236 Å². The van der Waals surface area contributed by atoms with Crippen molar-refractivity contribution in [1.82, 2.24) is 25.4 Å². The monoisotopic (exact) mass is 578 g/mol. The summed E-state index contributed by atoms with van der Waals surface area (Å²) in [6.45, 7) is 10.0. The van der Waals surface area contributed by atoms with Gasteiger partial charge in [0.25, 0.3) is 5.56 Å². The standard InChI is InChI=1S/C28H37F3N6O4/c1-26(2,3)21(35-25(41)28(29,30)31)24(40)37-12-17-19(27(17,4)5)20(37)23(39)33-16(11-32)10-15-9-14-7-8-36(6)13-18(14)34-22(15)38/h9,16-17,19-21H,7-8,10,12-13H2,1-6H3,(H,33,39)(H,34,38)(H,35,41)/t16?,17-,19+,20-,21+/m0/s1. The summed E-state index contributed by atoms with van der Waals surface area (Å²) in [7, 11) is 1.95. The van der Waals surface area contributed by atoms with Crippen LogP contribution in [0.3, 0.4) is 0 Å². The van der Waals surface area contributed by atoms with Crippen molar-refractivity contribution in [3.8, 4) is 6.07 Å². The fourth-order valence-electron chi connectivity index (χ4n) is 6.28. The summed E-state index contributed by atoms with van der Waals surface area (Å²) < 4.78 is 39.2. The van der Waals surface area contributed by atoms with Crippen molar-refractivity contribution in [3.63, 3.8) is 0 Å². The van der Waals surface area contributed by atoms with E-state index in [4.69, 9.17) is 0 Å². The average molecular weight is 579 g/mol. The summed E-state index contributed by atoms with van der Waals surface area (Å²) >= 11 is 0. The number of nitrogens with zero attached hydrogens (tertiary/aromatic N) is 3. The lowest BCUT2D eigenvalue weighted by Crippen LogP contribution is -2.61. The molecule has 1 saturated heterocycles. The number of halogens is 3. The van der Waals surface area contributed by atoms with E-state index in [1.54, 1.807) is 6.07 Å². The molecule has 3 amide bonds. The van der Waals surface area contributed by atoms with E-state index in [0.29, 0.717) is 12.1 Å². The molecule has 2 fully saturated rings. The predicted molar refractivity (Wildman–Crippen MR) is 142 cm³/mol. The number of aromatic nitrogens is 1. The molecular weight excluding hydrogens is 541 g/mol. The van der Waals surface area contributed by atoms with Gasteiger partial charge in [-0.3, -0.25) is 19.2 Å². The van der Waals surface area contributed by atoms with Gasteiger partial charge in [-0.1, -0.05) is 34.6 Å². The second kappa shape index (κ2) is 10.5. The number of alkyl halides is 3. The van der Waals surface area contributed by atoms with E-state index in [9.17, 15) is 37.6 Å². The molecule has 2 aliphatic heterocycles. The number of amides is 3. The van der Waals surface area contributed by atoms with Crippen LogP contribution in [0.5, 0.6) is 0 Å². The number of carbonyl (C=O) groups excluding carboxylic acids is 3. The Bertz CT molecular complexity index is 1340. The minimum atomic E-state index is -5.18. The Morgan fingerprint density at radius 3 is 2.46 bits per heavy atom. The van der Waals surface area contributed by atoms with Crippen molar-refractivity contribution in [2.24, 2.45) is 22.7 Å². The number of rotatable bonds is 6. The number of carbonyl (C=O) groups is 3. The molecule has 0 aromatic carbocycles. The molecule has 1 aliphatic carbocycles. The number of piperidine rings is 1. The van der Waals surface area contributed by atoms with Gasteiger partial charge in [0.1, 0.15) is 18.1 Å². The minimum absolute atomic E-state index is 0.0505. The first kappa shape index (κ1) is 30.6. The number of nitriles is 1. The smallest absolute Gasteiger partial charge is 0.338 e. The first-order chi connectivity index (χ1) is 18.9. The second-order valence-corrected chi connectivity index (χ2v) is 13.2. The summed E-state index contributed by atoms with van der Waals surface area (Å²) in [5.41, 5.74) is 0.424. The summed E-state index contributed by atoms with van der Waals surface area (Å²) in [6.07, 6.45) is -4.50. The van der Waals surface area contributed by atoms with E-state index in [1.807, 2.05) is 32.3 Å². The Kier molecular flexibility index (Phi) is 7.79. The third-order valence-corrected chi connectivity index (χ3v) is 8.79. The average Bonchev–Trinajstić information content (AvgIpc) is 3.18. The molecule has 1 unspecified atom stereocenters. The first-order valence-electron chi connectivity index (χ1n) is 13.7. The quantitative estimate of drug-likeness (QED) is 0.468. The van der Waals surface area contributed by atoms with Crippen molar-refractivity contribution in [3.05, 3.63) is 33.2 Å². The van der Waals surface area contributed by atoms with Crippen LogP contribution in [0.4, 0.5) is 13.2 Å². The number of likely N-dealkylation sites (N-methyl/N-ethyl adjacent to an activating group) is 1. The molecule has 3 N–H and O–H groups in total. The Morgan fingerprint density at radius 2 is 1.88 bits per heavy atom. The SMILES string of the molecule is CN1CCc2cc(CC(C#N)NC(=O)[C@@H]3[C@H]4[C@H](CN3C(=O)[C@@H](NC(=O)C(F)(F)F)C(C)(C)C)C4(C)C)c(=O)[nH]c2C1. The summed E-state index contributed by atoms with van der Waals surface area (Å²) in [4.78, 5) is 58.0. The van der Waals surface area contributed by atoms with Crippen molar-refractivity contribution in [2.45, 2.75) is 78.3 Å². The van der Waals surface area contributed by atoms with Gasteiger partial charge in [-0.2, -0.15) is 18.4 Å². The summed E-state index contributed by atoms with van der Waals surface area (Å²) in [5, 5.41) is 14.3. The zero-order chi connectivity index (χ0) is 30.7. The molecule has 41 heavy (non-hydrogen) atoms. The van der Waals surface area contributed by atoms with Crippen LogP contribution < -0.4 is 16.2 Å². The van der Waals surface area contributed by atoms with Crippen molar-refractivity contribution in [2.75, 3.05) is 20.1 Å². The highest BCUT2D eigenvalue weighted by Gasteiger charge is 2.70. The number of aromatic amines is 1. The number of hydrogen-bond donors (Lipinski definition) is 3. The minimum Gasteiger partial charge on any atom is -0.338 e. The van der Waals surface area contributed by atoms with Gasteiger partial charge in [0.05, 0.1) is 6.07 Å². The molecule has 3 heterocycles. The predicted octanol–water partition coefficient (Wildman–Crippen LogP) is 1.49. The van der Waals surface area contributed by atoms with E-state index in [-0.39, 0.29) is 35.8 Å². The molecule has 5 atom stereocenters. The summed E-state index contributed by atoms with van der Waals surface area (Å²) in [5.74, 6) is -3.98. The van der Waals surface area contributed by atoms with Crippen molar-refractivity contribution in [1.29, 1.82) is 5.26 Å². The van der Waals surface area contributed by atoms with Gasteiger partial charge < -0.3 is 25.4 Å². The van der Waals surface area contributed by atoms with Crippen molar-refractivity contribution >= 4 is 17.7 Å². The molecule has 10 nitrogen and oxygen atoms in total. The number of H-pyrrole nitrogens is 1. The topological polar surface area (TPSA) is 138 Å². The van der Waals surface area contributed by atoms with E-state index >= 15 is 0 Å². The molecule has 4 rings (SSSR count). The largest absolute Gasteiger partial charge is 0.471 e. The third-order valence-electron chi connectivity index (χ3n) is 8.79. The number of likely N-dealkylation sites (tertiary alicyclic amines) is 1. The van der Waals surface area contributed by atoms with Gasteiger partial charge in [0.15, 0.2) is 0 Å². The van der Waals surface area contributed by atoms with Crippen LogP contribution in [0.25, 0.3) is 0 Å². The van der Waals surface area contributed by atoms with Crippen LogP contribution in [0.1, 0.15) is 51.4 Å². The number of pyridine rings is 1. The number of nitrogens with one attached hydrogen (secondary N) is 3. The molecular formula is C28H37F3N6O4. The highest BCUT2D eigenvalue weighted by Crippen LogP contribution is 2.65. The fraction of sp³-hybridized carbons (Fsp3) is 0.679. The van der Waals surface area contributed by atoms with Gasteiger partial charge in [-0.25, -0.2) is 0 Å². The zero-order valence-corrected chi connectivity index (χ0v) is 24.1. The molecule has 224 valence electrons. The van der Waals surface area contributed by atoms with Crippen molar-refractivity contribution < 1.29 is 27.6 Å². The van der Waals surface area contributed by atoms with Gasteiger partial charge in [0.2, 0.25) is 11.8 Å². The van der Waals surface area contributed by atoms with E-state index in [2.05, 4.69) is 15.2 Å². The highest BCUT2D eigenvalue weighted by atomic mass is 19.4. The molecule has 0 bridgehead atoms. The lowest BCUT2D eigenvalue weighted by atomic mass is 9.85. The van der Waals surface area contributed by atoms with Crippen LogP contribution in [0.2, 0.25) is 0 Å². The lowest BCUT2D eigenvalue weighted by molar-refractivity contribution is -0.176. The molecule has 1 saturated carbocycles. The van der Waals surface area contributed by atoms with Crippen LogP contribution in [0.15, 0.2) is 10.9 Å². The van der Waals surface area contributed by atoms with E-state index < -0.39 is 47.4 Å². The molecule has 0 spiro atoms. The molecule has 1 aromatic heterocycles. The van der Waals surface area contributed by atoms with Crippen LogP contribution in [-0.4, -0.2) is 76.9 Å². The first-order valence-corrected chi connectivity index (χ1v) is 13.7. The normalized spacial score (nSPS) is 24.9. The lowest BCUT2D eigenvalue weighted by Gasteiger charge is -2.37. The maximum absolute atomic E-state index is 13.6. The zero-order valence-electron chi connectivity index (χ0n) is 24.1. The summed E-state index contributed by atoms with van der Waals surface area (Å²) in [6, 6.07) is 0.140. The molecule has 1 aromatic rings. The maximum Gasteiger partial charge on any atom is 0.471 e. The van der Waals surface area contributed by atoms with Crippen LogP contribution in [-0.2, 0) is 33.8 Å². The highest BCUT2D eigenvalue weighted by molar-refractivity contribution is 5.95. The maximum atomic E-state index is 13.6. The third kappa shape index (κ3) is 5.98. The number of fused-ring (bicyclic) bond motifs is 2.